The molecule has 1 saturated carbocycles. The van der Waals surface area contributed by atoms with Crippen LogP contribution in [-0.2, 0) is 4.79 Å². The maximum atomic E-state index is 13.0. The highest BCUT2D eigenvalue weighted by atomic mass is 16.2. The second kappa shape index (κ2) is 6.30. The van der Waals surface area contributed by atoms with E-state index >= 15 is 0 Å². The highest BCUT2D eigenvalue weighted by Gasteiger charge is 2.33. The van der Waals surface area contributed by atoms with Gasteiger partial charge in [0.2, 0.25) is 5.91 Å². The van der Waals surface area contributed by atoms with Crippen molar-refractivity contribution >= 4 is 39.9 Å². The number of benzene rings is 3. The number of amides is 3. The summed E-state index contributed by atoms with van der Waals surface area (Å²) in [6.07, 6.45) is 2.97. The number of nitrogens with zero attached hydrogens (tertiary/aromatic N) is 1. The topological polar surface area (TPSA) is 66.5 Å². The molecule has 1 aliphatic carbocycles. The van der Waals surface area contributed by atoms with E-state index in [1.807, 2.05) is 24.3 Å². The lowest BCUT2D eigenvalue weighted by molar-refractivity contribution is -0.122. The van der Waals surface area contributed by atoms with Crippen LogP contribution in [0.15, 0.2) is 60.7 Å². The maximum absolute atomic E-state index is 13.0. The van der Waals surface area contributed by atoms with Crippen LogP contribution in [0.1, 0.15) is 40.0 Å². The second-order valence-corrected chi connectivity index (χ2v) is 7.32. The first-order chi connectivity index (χ1) is 13.6. The Bertz CT molecular complexity index is 1080. The predicted octanol–water partition coefficient (Wildman–Crippen LogP) is 4.38. The molecule has 0 aromatic heterocycles. The fraction of sp³-hybridized carbons (Fsp3) is 0.174. The number of hydrogen-bond acceptors (Lipinski definition) is 3. The zero-order valence-electron chi connectivity index (χ0n) is 15.1. The van der Waals surface area contributed by atoms with Gasteiger partial charge in [-0.05, 0) is 54.6 Å². The summed E-state index contributed by atoms with van der Waals surface area (Å²) in [5.41, 5.74) is 2.20. The van der Waals surface area contributed by atoms with E-state index in [0.29, 0.717) is 27.9 Å². The molecule has 1 fully saturated rings. The van der Waals surface area contributed by atoms with Gasteiger partial charge in [0.05, 0.1) is 5.69 Å². The number of imide groups is 1. The highest BCUT2D eigenvalue weighted by molar-refractivity contribution is 6.35. The Morgan fingerprint density at radius 2 is 1.46 bits per heavy atom. The quantitative estimate of drug-likeness (QED) is 0.696. The van der Waals surface area contributed by atoms with Crippen LogP contribution in [0.5, 0.6) is 0 Å². The van der Waals surface area contributed by atoms with Crippen LogP contribution in [0.4, 0.5) is 11.4 Å². The first kappa shape index (κ1) is 16.7. The van der Waals surface area contributed by atoms with Crippen molar-refractivity contribution in [2.24, 2.45) is 5.92 Å². The van der Waals surface area contributed by atoms with Crippen LogP contribution in [-0.4, -0.2) is 17.7 Å². The summed E-state index contributed by atoms with van der Waals surface area (Å²) >= 11 is 0. The third-order valence-corrected chi connectivity index (χ3v) is 5.64. The molecule has 28 heavy (non-hydrogen) atoms. The van der Waals surface area contributed by atoms with Gasteiger partial charge in [0.1, 0.15) is 0 Å². The second-order valence-electron chi connectivity index (χ2n) is 7.32. The van der Waals surface area contributed by atoms with Gasteiger partial charge in [-0.25, -0.2) is 4.90 Å². The molecule has 0 radical (unpaired) electrons. The van der Waals surface area contributed by atoms with E-state index in [2.05, 4.69) is 5.32 Å². The molecular formula is C23H18N2O3. The Morgan fingerprint density at radius 1 is 0.857 bits per heavy atom. The van der Waals surface area contributed by atoms with E-state index < -0.39 is 0 Å². The van der Waals surface area contributed by atoms with Crippen LogP contribution in [0.2, 0.25) is 0 Å². The molecule has 0 spiro atoms. The highest BCUT2D eigenvalue weighted by Crippen LogP contribution is 2.33. The van der Waals surface area contributed by atoms with Crippen LogP contribution in [0, 0.1) is 5.92 Å². The van der Waals surface area contributed by atoms with Gasteiger partial charge in [0.25, 0.3) is 11.8 Å². The van der Waals surface area contributed by atoms with E-state index in [-0.39, 0.29) is 23.6 Å². The van der Waals surface area contributed by atoms with Gasteiger partial charge in [0, 0.05) is 28.1 Å². The third-order valence-electron chi connectivity index (χ3n) is 5.64. The number of carbonyl (C=O) groups is 3. The summed E-state index contributed by atoms with van der Waals surface area (Å²) in [4.78, 5) is 39.4. The zero-order valence-corrected chi connectivity index (χ0v) is 15.1. The lowest BCUT2D eigenvalue weighted by atomic mass is 9.85. The lowest BCUT2D eigenvalue weighted by Crippen LogP contribution is -2.40. The van der Waals surface area contributed by atoms with Crippen molar-refractivity contribution < 1.29 is 14.4 Å². The fourth-order valence-corrected chi connectivity index (χ4v) is 3.87. The van der Waals surface area contributed by atoms with Gasteiger partial charge >= 0.3 is 0 Å². The Morgan fingerprint density at radius 3 is 2.00 bits per heavy atom. The van der Waals surface area contributed by atoms with Crippen LogP contribution in [0.25, 0.3) is 10.8 Å². The van der Waals surface area contributed by atoms with Gasteiger partial charge < -0.3 is 5.32 Å². The Hall–Kier alpha value is -3.47. The molecule has 3 aromatic carbocycles. The van der Waals surface area contributed by atoms with Crippen molar-refractivity contribution in [3.8, 4) is 0 Å². The average molecular weight is 370 g/mol. The summed E-state index contributed by atoms with van der Waals surface area (Å²) in [5.74, 6) is -0.534. The molecule has 1 heterocycles. The third kappa shape index (κ3) is 2.51. The van der Waals surface area contributed by atoms with Crippen molar-refractivity contribution in [1.82, 2.24) is 0 Å². The summed E-state index contributed by atoms with van der Waals surface area (Å²) in [5, 5.41) is 4.49. The first-order valence-corrected chi connectivity index (χ1v) is 9.45. The molecule has 5 heteroatoms. The molecule has 0 unspecified atom stereocenters. The fourth-order valence-electron chi connectivity index (χ4n) is 3.87. The van der Waals surface area contributed by atoms with Gasteiger partial charge in [-0.2, -0.15) is 0 Å². The van der Waals surface area contributed by atoms with E-state index in [1.165, 1.54) is 4.90 Å². The normalized spacial score (nSPS) is 16.2. The Balaban J connectivity index is 1.47. The molecule has 0 atom stereocenters. The van der Waals surface area contributed by atoms with Crippen molar-refractivity contribution in [2.75, 3.05) is 10.2 Å². The van der Waals surface area contributed by atoms with Gasteiger partial charge in [0.15, 0.2) is 0 Å². The first-order valence-electron chi connectivity index (χ1n) is 9.45. The minimum absolute atomic E-state index is 0.0322. The number of hydrogen-bond donors (Lipinski definition) is 1. The molecule has 0 saturated heterocycles. The average Bonchev–Trinajstić information content (AvgIpc) is 2.66. The monoisotopic (exact) mass is 370 g/mol. The SMILES string of the molecule is O=C(Nc1ccc(N2C(=O)c3cccc4cccc(c34)C2=O)cc1)C1CCC1. The Kier molecular flexibility index (Phi) is 3.76. The molecule has 3 aromatic rings. The largest absolute Gasteiger partial charge is 0.326 e. The number of rotatable bonds is 3. The molecule has 0 bridgehead atoms. The van der Waals surface area contributed by atoms with E-state index in [4.69, 9.17) is 0 Å². The number of nitrogens with one attached hydrogen (secondary N) is 1. The van der Waals surface area contributed by atoms with Crippen molar-refractivity contribution in [1.29, 1.82) is 0 Å². The van der Waals surface area contributed by atoms with E-state index in [9.17, 15) is 14.4 Å². The molecule has 5 nitrogen and oxygen atoms in total. The van der Waals surface area contributed by atoms with Crippen molar-refractivity contribution in [3.05, 3.63) is 71.8 Å². The zero-order chi connectivity index (χ0) is 19.3. The van der Waals surface area contributed by atoms with Gasteiger partial charge in [-0.3, -0.25) is 14.4 Å². The summed E-state index contributed by atoms with van der Waals surface area (Å²) < 4.78 is 0. The standard InChI is InChI=1S/C23H18N2O3/c26-21(15-6-1-7-15)24-16-10-12-17(13-11-16)25-22(27)18-8-2-4-14-5-3-9-19(20(14)18)23(25)28/h2-5,8-13,15H,1,6-7H2,(H,24,26). The van der Waals surface area contributed by atoms with Crippen molar-refractivity contribution in [3.63, 3.8) is 0 Å². The Labute approximate surface area is 162 Å². The summed E-state index contributed by atoms with van der Waals surface area (Å²) in [7, 11) is 0. The van der Waals surface area contributed by atoms with E-state index in [0.717, 1.165) is 24.6 Å². The molecule has 138 valence electrons. The van der Waals surface area contributed by atoms with Crippen LogP contribution < -0.4 is 10.2 Å². The van der Waals surface area contributed by atoms with Gasteiger partial charge in [-0.1, -0.05) is 30.7 Å². The molecule has 1 aliphatic heterocycles. The molecule has 5 rings (SSSR count). The van der Waals surface area contributed by atoms with E-state index in [1.54, 1.807) is 36.4 Å². The van der Waals surface area contributed by atoms with Crippen molar-refractivity contribution in [2.45, 2.75) is 19.3 Å². The van der Waals surface area contributed by atoms with Gasteiger partial charge in [-0.15, -0.1) is 0 Å². The lowest BCUT2D eigenvalue weighted by Gasteiger charge is -2.27. The minimum Gasteiger partial charge on any atom is -0.326 e. The smallest absolute Gasteiger partial charge is 0.265 e. The summed E-state index contributed by atoms with van der Waals surface area (Å²) in [6.45, 7) is 0. The van der Waals surface area contributed by atoms with Crippen LogP contribution >= 0.6 is 0 Å². The van der Waals surface area contributed by atoms with Crippen LogP contribution in [0.3, 0.4) is 0 Å². The molecular weight excluding hydrogens is 352 g/mol. The predicted molar refractivity (Wildman–Crippen MR) is 108 cm³/mol. The number of carbonyl (C=O) groups excluding carboxylic acids is 3. The summed E-state index contributed by atoms with van der Waals surface area (Å²) in [6, 6.07) is 17.8. The maximum Gasteiger partial charge on any atom is 0.265 e. The number of anilines is 2. The molecule has 2 aliphatic rings. The molecule has 1 N–H and O–H groups in total. The minimum atomic E-state index is -0.333. The molecule has 3 amide bonds.